The number of rotatable bonds is 1. The fourth-order valence-electron chi connectivity index (χ4n) is 0.879. The standard InChI is InChI=1S/C8H4Br2F3NO/c9-4-1-3(2-5(10)6(4)14)7(15)8(11,12)13/h1-2H,14H2. The number of nitrogen functional groups attached to an aromatic ring is 1. The van der Waals surface area contributed by atoms with Crippen LogP contribution in [0.1, 0.15) is 10.4 Å². The lowest BCUT2D eigenvalue weighted by atomic mass is 10.1. The van der Waals surface area contributed by atoms with Gasteiger partial charge >= 0.3 is 6.18 Å². The van der Waals surface area contributed by atoms with Crippen LogP contribution in [0.3, 0.4) is 0 Å². The average Bonchev–Trinajstić information content (AvgIpc) is 2.10. The summed E-state index contributed by atoms with van der Waals surface area (Å²) in [5.41, 5.74) is 5.26. The minimum atomic E-state index is -4.88. The summed E-state index contributed by atoms with van der Waals surface area (Å²) in [5.74, 6) is -1.90. The zero-order chi connectivity index (χ0) is 11.8. The molecule has 0 fully saturated rings. The van der Waals surface area contributed by atoms with Crippen LogP contribution in [0.5, 0.6) is 0 Å². The molecule has 2 nitrogen and oxygen atoms in total. The van der Waals surface area contributed by atoms with E-state index < -0.39 is 17.5 Å². The molecule has 0 aliphatic heterocycles. The molecule has 0 saturated heterocycles. The van der Waals surface area contributed by atoms with Gasteiger partial charge in [-0.2, -0.15) is 13.2 Å². The SMILES string of the molecule is Nc1c(Br)cc(C(=O)C(F)(F)F)cc1Br. The number of hydrogen-bond donors (Lipinski definition) is 1. The normalized spacial score (nSPS) is 11.5. The van der Waals surface area contributed by atoms with Gasteiger partial charge in [-0.1, -0.05) is 0 Å². The Morgan fingerprint density at radius 1 is 1.20 bits per heavy atom. The highest BCUT2D eigenvalue weighted by Gasteiger charge is 2.39. The number of ketones is 1. The first-order chi connectivity index (χ1) is 6.73. The smallest absolute Gasteiger partial charge is 0.397 e. The van der Waals surface area contributed by atoms with Crippen molar-refractivity contribution in [3.8, 4) is 0 Å². The van der Waals surface area contributed by atoms with Crippen molar-refractivity contribution in [2.75, 3.05) is 5.73 Å². The van der Waals surface area contributed by atoms with E-state index in [9.17, 15) is 18.0 Å². The molecule has 7 heteroatoms. The zero-order valence-corrected chi connectivity index (χ0v) is 10.2. The number of anilines is 1. The predicted molar refractivity (Wildman–Crippen MR) is 56.6 cm³/mol. The van der Waals surface area contributed by atoms with Crippen LogP contribution < -0.4 is 5.73 Å². The van der Waals surface area contributed by atoms with Gasteiger partial charge in [0.1, 0.15) is 0 Å². The molecule has 1 aromatic carbocycles. The minimum absolute atomic E-state index is 0.240. The molecule has 0 saturated carbocycles. The van der Waals surface area contributed by atoms with Gasteiger partial charge < -0.3 is 5.73 Å². The summed E-state index contributed by atoms with van der Waals surface area (Å²) in [4.78, 5) is 10.9. The van der Waals surface area contributed by atoms with Crippen LogP contribution in [-0.4, -0.2) is 12.0 Å². The number of carbonyl (C=O) groups excluding carboxylic acids is 1. The lowest BCUT2D eigenvalue weighted by Gasteiger charge is -2.08. The highest BCUT2D eigenvalue weighted by molar-refractivity contribution is 9.11. The van der Waals surface area contributed by atoms with Gasteiger partial charge in [0.25, 0.3) is 5.78 Å². The molecule has 0 amide bonds. The van der Waals surface area contributed by atoms with Crippen molar-refractivity contribution in [2.45, 2.75) is 6.18 Å². The highest BCUT2D eigenvalue weighted by Crippen LogP contribution is 2.32. The van der Waals surface area contributed by atoms with Crippen molar-refractivity contribution in [2.24, 2.45) is 0 Å². The Balaban J connectivity index is 3.24. The van der Waals surface area contributed by atoms with E-state index in [1.165, 1.54) is 0 Å². The van der Waals surface area contributed by atoms with Crippen molar-refractivity contribution in [3.63, 3.8) is 0 Å². The second kappa shape index (κ2) is 4.13. The van der Waals surface area contributed by atoms with Crippen LogP contribution >= 0.6 is 31.9 Å². The number of alkyl halides is 3. The molecule has 0 aromatic heterocycles. The third-order valence-electron chi connectivity index (χ3n) is 1.60. The first-order valence-corrected chi connectivity index (χ1v) is 5.18. The molecule has 2 N–H and O–H groups in total. The Hall–Kier alpha value is -0.560. The molecule has 82 valence electrons. The predicted octanol–water partition coefficient (Wildman–Crippen LogP) is 3.54. The molecular formula is C8H4Br2F3NO. The van der Waals surface area contributed by atoms with E-state index >= 15 is 0 Å². The van der Waals surface area contributed by atoms with E-state index in [0.717, 1.165) is 12.1 Å². The molecule has 0 aliphatic carbocycles. The Bertz CT molecular complexity index is 394. The van der Waals surface area contributed by atoms with E-state index in [2.05, 4.69) is 31.9 Å². The first-order valence-electron chi connectivity index (χ1n) is 3.59. The Labute approximate surface area is 99.9 Å². The molecule has 0 atom stereocenters. The minimum Gasteiger partial charge on any atom is -0.397 e. The van der Waals surface area contributed by atoms with E-state index in [4.69, 9.17) is 5.73 Å². The summed E-state index contributed by atoms with van der Waals surface area (Å²) >= 11 is 5.91. The van der Waals surface area contributed by atoms with Crippen LogP contribution in [0, 0.1) is 0 Å². The third kappa shape index (κ3) is 2.72. The van der Waals surface area contributed by atoms with Gasteiger partial charge in [-0.15, -0.1) is 0 Å². The lowest BCUT2D eigenvalue weighted by Crippen LogP contribution is -2.22. The number of carbonyl (C=O) groups is 1. The summed E-state index contributed by atoms with van der Waals surface area (Å²) in [6, 6.07) is 2.08. The quantitative estimate of drug-likeness (QED) is 0.624. The van der Waals surface area contributed by atoms with E-state index in [0.29, 0.717) is 0 Å². The second-order valence-electron chi connectivity index (χ2n) is 2.68. The fraction of sp³-hybridized carbons (Fsp3) is 0.125. The molecule has 0 aliphatic rings. The Morgan fingerprint density at radius 2 is 1.60 bits per heavy atom. The Morgan fingerprint density at radius 3 is 1.93 bits per heavy atom. The summed E-state index contributed by atoms with van der Waals surface area (Å²) in [5, 5.41) is 0. The van der Waals surface area contributed by atoms with E-state index in [1.54, 1.807) is 0 Å². The first kappa shape index (κ1) is 12.5. The van der Waals surface area contributed by atoms with Gasteiger partial charge in [0, 0.05) is 14.5 Å². The Kier molecular flexibility index (Phi) is 3.44. The van der Waals surface area contributed by atoms with Crippen LogP contribution in [0.4, 0.5) is 18.9 Å². The van der Waals surface area contributed by atoms with Crippen LogP contribution in [0.25, 0.3) is 0 Å². The number of benzene rings is 1. The van der Waals surface area contributed by atoms with Crippen molar-refractivity contribution in [1.82, 2.24) is 0 Å². The van der Waals surface area contributed by atoms with Crippen LogP contribution in [-0.2, 0) is 0 Å². The van der Waals surface area contributed by atoms with Crippen molar-refractivity contribution in [3.05, 3.63) is 26.6 Å². The molecule has 1 aromatic rings. The highest BCUT2D eigenvalue weighted by atomic mass is 79.9. The molecule has 1 rings (SSSR count). The van der Waals surface area contributed by atoms with Gasteiger partial charge in [-0.05, 0) is 44.0 Å². The molecule has 0 radical (unpaired) electrons. The molecule has 15 heavy (non-hydrogen) atoms. The molecule has 0 heterocycles. The van der Waals surface area contributed by atoms with E-state index in [-0.39, 0.29) is 14.6 Å². The van der Waals surface area contributed by atoms with Crippen LogP contribution in [0.15, 0.2) is 21.1 Å². The maximum absolute atomic E-state index is 12.1. The summed E-state index contributed by atoms with van der Waals surface area (Å²) < 4.78 is 36.7. The third-order valence-corrected chi connectivity index (χ3v) is 2.91. The average molecular weight is 347 g/mol. The largest absolute Gasteiger partial charge is 0.454 e. The molecular weight excluding hydrogens is 343 g/mol. The van der Waals surface area contributed by atoms with Gasteiger partial charge in [-0.25, -0.2) is 0 Å². The van der Waals surface area contributed by atoms with Crippen molar-refractivity contribution >= 4 is 43.3 Å². The van der Waals surface area contributed by atoms with Crippen molar-refractivity contribution in [1.29, 1.82) is 0 Å². The maximum atomic E-state index is 12.1. The monoisotopic (exact) mass is 345 g/mol. The van der Waals surface area contributed by atoms with Gasteiger partial charge in [0.05, 0.1) is 5.69 Å². The van der Waals surface area contributed by atoms with Gasteiger partial charge in [0.2, 0.25) is 0 Å². The van der Waals surface area contributed by atoms with E-state index in [1.807, 2.05) is 0 Å². The fourth-order valence-corrected chi connectivity index (χ4v) is 2.07. The molecule has 0 bridgehead atoms. The summed E-state index contributed by atoms with van der Waals surface area (Å²) in [6.07, 6.45) is -4.88. The molecule has 0 spiro atoms. The maximum Gasteiger partial charge on any atom is 0.454 e. The van der Waals surface area contributed by atoms with Crippen molar-refractivity contribution < 1.29 is 18.0 Å². The molecule has 0 unspecified atom stereocenters. The number of halogens is 5. The van der Waals surface area contributed by atoms with Gasteiger partial charge in [-0.3, -0.25) is 4.79 Å². The zero-order valence-electron chi connectivity index (χ0n) is 7.03. The van der Waals surface area contributed by atoms with Gasteiger partial charge in [0.15, 0.2) is 0 Å². The topological polar surface area (TPSA) is 43.1 Å². The number of nitrogens with two attached hydrogens (primary N) is 1. The lowest BCUT2D eigenvalue weighted by molar-refractivity contribution is -0.0885. The van der Waals surface area contributed by atoms with Crippen LogP contribution in [0.2, 0.25) is 0 Å². The summed E-state index contributed by atoms with van der Waals surface area (Å²) in [6.45, 7) is 0. The summed E-state index contributed by atoms with van der Waals surface area (Å²) in [7, 11) is 0. The second-order valence-corrected chi connectivity index (χ2v) is 4.39. The number of hydrogen-bond acceptors (Lipinski definition) is 2. The number of Topliss-reactive ketones (excluding diaryl/α,β-unsaturated/α-hetero) is 1.